The average molecular weight is 79.9 g/mol. The molecule has 0 heterocycles. The molecule has 0 rings (SSSR count). The molecule has 0 bridgehead atoms. The topological polar surface area (TPSA) is 35.8 Å². The van der Waals surface area contributed by atoms with Crippen molar-refractivity contribution in [3.8, 4) is 5.97 Å². The second-order valence-corrected chi connectivity index (χ2v) is 0.751. The summed E-state index contributed by atoms with van der Waals surface area (Å²) in [5.74, 6) is 1.83. The van der Waals surface area contributed by atoms with E-state index < -0.39 is 0 Å². The van der Waals surface area contributed by atoms with Crippen molar-refractivity contribution in [2.75, 3.05) is 7.05 Å². The van der Waals surface area contributed by atoms with Gasteiger partial charge in [-0.3, -0.25) is 0 Å². The van der Waals surface area contributed by atoms with Gasteiger partial charge in [-0.15, -0.1) is 0 Å². The van der Waals surface area contributed by atoms with Gasteiger partial charge in [-0.1, -0.05) is 0 Å². The standard InChI is InChI=1S/C3H5BN2/c1-6-3-4-2-5/h3,6H,1H3. The summed E-state index contributed by atoms with van der Waals surface area (Å²) in [6.07, 6.45) is 1.57. The Kier molecular flexibility index (Phi) is 3.68. The molecule has 30 valence electrons. The summed E-state index contributed by atoms with van der Waals surface area (Å²) in [7, 11) is 1.74. The Labute approximate surface area is 37.7 Å². The molecule has 0 atom stereocenters. The molecule has 0 radical (unpaired) electrons. The zero-order chi connectivity index (χ0) is 4.83. The van der Waals surface area contributed by atoms with Crippen LogP contribution in [0.25, 0.3) is 0 Å². The number of hydrogen-bond acceptors (Lipinski definition) is 2. The van der Waals surface area contributed by atoms with Crippen LogP contribution in [0.4, 0.5) is 0 Å². The van der Waals surface area contributed by atoms with Crippen LogP contribution < -0.4 is 5.32 Å². The van der Waals surface area contributed by atoms with Crippen LogP contribution in [0.5, 0.6) is 0 Å². The van der Waals surface area contributed by atoms with Crippen molar-refractivity contribution in [3.05, 3.63) is 0 Å². The predicted molar refractivity (Wildman–Crippen MR) is 26.5 cm³/mol. The van der Waals surface area contributed by atoms with Crippen molar-refractivity contribution in [2.24, 2.45) is 0 Å². The first kappa shape index (κ1) is 5.22. The van der Waals surface area contributed by atoms with Crippen LogP contribution in [-0.4, -0.2) is 20.1 Å². The average Bonchev–Trinajstić information content (AvgIpc) is 1.61. The van der Waals surface area contributed by atoms with Gasteiger partial charge >= 0.3 is 36.6 Å². The van der Waals surface area contributed by atoms with Crippen LogP contribution in [0, 0.1) is 11.2 Å². The molecule has 0 aromatic rings. The summed E-state index contributed by atoms with van der Waals surface area (Å²) in [5.41, 5.74) is 0. The molecule has 0 saturated heterocycles. The second kappa shape index (κ2) is 4.22. The normalized spacial score (nSPS) is 6.67. The van der Waals surface area contributed by atoms with E-state index in [2.05, 4.69) is 5.32 Å². The zero-order valence-electron chi connectivity index (χ0n) is 3.60. The zero-order valence-corrected chi connectivity index (χ0v) is 3.60. The Morgan fingerprint density at radius 2 is 2.67 bits per heavy atom. The summed E-state index contributed by atoms with van der Waals surface area (Å²) in [5, 5.41) is 10.5. The fraction of sp³-hybridized carbons (Fsp3) is 0.333. The molecule has 0 amide bonds. The minimum atomic E-state index is 1.38. The van der Waals surface area contributed by atoms with E-state index in [9.17, 15) is 0 Å². The van der Waals surface area contributed by atoms with Crippen LogP contribution in [0.1, 0.15) is 0 Å². The van der Waals surface area contributed by atoms with E-state index in [-0.39, 0.29) is 0 Å². The molecule has 6 heavy (non-hydrogen) atoms. The third-order valence-electron chi connectivity index (χ3n) is 0.325. The van der Waals surface area contributed by atoms with Gasteiger partial charge in [-0.25, -0.2) is 0 Å². The summed E-state index contributed by atoms with van der Waals surface area (Å²) in [6.45, 7) is 1.38. The molecular formula is C3H5BN2. The molecular weight excluding hydrogens is 74.9 g/mol. The summed E-state index contributed by atoms with van der Waals surface area (Å²) in [4.78, 5) is 0. The predicted octanol–water partition coefficient (Wildman–Crippen LogP) is -0.849. The van der Waals surface area contributed by atoms with E-state index in [1.165, 1.54) is 6.92 Å². The van der Waals surface area contributed by atoms with E-state index in [0.717, 1.165) is 0 Å². The number of rotatable bonds is 1. The van der Waals surface area contributed by atoms with Gasteiger partial charge in [0.2, 0.25) is 0 Å². The Hall–Kier alpha value is -0.775. The van der Waals surface area contributed by atoms with Crippen molar-refractivity contribution < 1.29 is 0 Å². The van der Waals surface area contributed by atoms with Gasteiger partial charge in [0.05, 0.1) is 0 Å². The summed E-state index contributed by atoms with van der Waals surface area (Å²) < 4.78 is 0. The molecule has 0 aromatic carbocycles. The fourth-order valence-electron chi connectivity index (χ4n) is 0.121. The van der Waals surface area contributed by atoms with E-state index in [1.54, 1.807) is 13.1 Å². The van der Waals surface area contributed by atoms with Crippen molar-refractivity contribution in [1.29, 1.82) is 5.26 Å². The number of nitrogens with one attached hydrogen (secondary N) is 1. The molecule has 0 fully saturated rings. The van der Waals surface area contributed by atoms with Gasteiger partial charge < -0.3 is 0 Å². The van der Waals surface area contributed by atoms with Crippen molar-refractivity contribution in [2.45, 2.75) is 0 Å². The first-order valence-corrected chi connectivity index (χ1v) is 1.63. The first-order valence-electron chi connectivity index (χ1n) is 1.63. The van der Waals surface area contributed by atoms with Crippen LogP contribution in [0.15, 0.2) is 0 Å². The quantitative estimate of drug-likeness (QED) is 0.416. The number of hydrogen-bond donors (Lipinski definition) is 1. The maximum atomic E-state index is 7.82. The minimum absolute atomic E-state index is 1.38. The number of nitrogens with zero attached hydrogens (tertiary/aromatic N) is 1. The van der Waals surface area contributed by atoms with Crippen LogP contribution in [-0.2, 0) is 0 Å². The molecule has 0 aliphatic heterocycles. The van der Waals surface area contributed by atoms with Crippen LogP contribution in [0.2, 0.25) is 0 Å². The van der Waals surface area contributed by atoms with E-state index in [1.807, 2.05) is 5.97 Å². The van der Waals surface area contributed by atoms with Crippen molar-refractivity contribution >= 4 is 13.0 Å². The van der Waals surface area contributed by atoms with Gasteiger partial charge in [0.15, 0.2) is 0 Å². The van der Waals surface area contributed by atoms with Gasteiger partial charge in [-0.2, -0.15) is 0 Å². The van der Waals surface area contributed by atoms with Gasteiger partial charge in [0, 0.05) is 0 Å². The molecule has 0 spiro atoms. The monoisotopic (exact) mass is 80.1 g/mol. The molecule has 0 unspecified atom stereocenters. The Morgan fingerprint density at radius 1 is 2.00 bits per heavy atom. The number of nitriles is 1. The van der Waals surface area contributed by atoms with Gasteiger partial charge in [0.1, 0.15) is 0 Å². The fourth-order valence-corrected chi connectivity index (χ4v) is 0.121. The SMILES string of the molecule is CNC=BC#N. The molecule has 0 aliphatic carbocycles. The summed E-state index contributed by atoms with van der Waals surface area (Å²) in [6, 6.07) is 0. The summed E-state index contributed by atoms with van der Waals surface area (Å²) >= 11 is 0. The van der Waals surface area contributed by atoms with Gasteiger partial charge in [0.25, 0.3) is 0 Å². The Bertz CT molecular complexity index is 81.3. The van der Waals surface area contributed by atoms with Crippen LogP contribution >= 0.6 is 0 Å². The van der Waals surface area contributed by atoms with E-state index in [4.69, 9.17) is 5.26 Å². The second-order valence-electron chi connectivity index (χ2n) is 0.751. The molecule has 2 nitrogen and oxygen atoms in total. The molecule has 0 aliphatic rings. The third-order valence-corrected chi connectivity index (χ3v) is 0.325. The van der Waals surface area contributed by atoms with Gasteiger partial charge in [-0.05, 0) is 0 Å². The maximum absolute atomic E-state index is 7.82. The van der Waals surface area contributed by atoms with Crippen LogP contribution in [0.3, 0.4) is 0 Å². The molecule has 1 N–H and O–H groups in total. The molecule has 0 saturated carbocycles. The van der Waals surface area contributed by atoms with Crippen molar-refractivity contribution in [3.63, 3.8) is 0 Å². The van der Waals surface area contributed by atoms with Crippen molar-refractivity contribution in [1.82, 2.24) is 5.32 Å². The Morgan fingerprint density at radius 3 is 2.83 bits per heavy atom. The van der Waals surface area contributed by atoms with E-state index in [0.29, 0.717) is 0 Å². The third kappa shape index (κ3) is 3.22. The molecule has 3 heteroatoms. The van der Waals surface area contributed by atoms with E-state index >= 15 is 0 Å². The Balaban J connectivity index is 3.02. The molecule has 0 aromatic heterocycles. The first-order chi connectivity index (χ1) is 2.91.